The minimum absolute atomic E-state index is 0.0929. The van der Waals surface area contributed by atoms with E-state index < -0.39 is 6.04 Å². The van der Waals surface area contributed by atoms with E-state index >= 15 is 0 Å². The van der Waals surface area contributed by atoms with Crippen LogP contribution in [0, 0.1) is 11.3 Å². The van der Waals surface area contributed by atoms with Gasteiger partial charge >= 0.3 is 0 Å². The van der Waals surface area contributed by atoms with Gasteiger partial charge in [-0.3, -0.25) is 4.79 Å². The largest absolute Gasteiger partial charge is 0.368 e. The van der Waals surface area contributed by atoms with Gasteiger partial charge in [0.1, 0.15) is 12.6 Å². The number of ether oxygens (including phenoxy) is 1. The third kappa shape index (κ3) is 2.69. The second-order valence-electron chi connectivity index (χ2n) is 3.55. The summed E-state index contributed by atoms with van der Waals surface area (Å²) in [6.07, 6.45) is 0. The van der Waals surface area contributed by atoms with Gasteiger partial charge in [0, 0.05) is 13.1 Å². The topological polar surface area (TPSA) is 56.6 Å². The van der Waals surface area contributed by atoms with Gasteiger partial charge in [0.05, 0.1) is 12.7 Å². The molecule has 0 N–H and O–H groups in total. The van der Waals surface area contributed by atoms with Crippen molar-refractivity contribution in [2.75, 3.05) is 40.4 Å². The van der Waals surface area contributed by atoms with Crippen LogP contribution < -0.4 is 0 Å². The average Bonchev–Trinajstić information content (AvgIpc) is 2.15. The maximum absolute atomic E-state index is 11.4. The predicted molar refractivity (Wildman–Crippen MR) is 50.5 cm³/mol. The minimum Gasteiger partial charge on any atom is -0.368 e. The maximum atomic E-state index is 11.4. The number of rotatable bonds is 3. The zero-order valence-corrected chi connectivity index (χ0v) is 8.56. The van der Waals surface area contributed by atoms with Crippen LogP contribution in [0.1, 0.15) is 0 Å². The van der Waals surface area contributed by atoms with Gasteiger partial charge in [-0.2, -0.15) is 5.26 Å². The number of carbonyl (C=O) groups is 1. The van der Waals surface area contributed by atoms with Crippen LogP contribution in [0.15, 0.2) is 0 Å². The molecule has 1 heterocycles. The molecule has 1 rings (SSSR count). The summed E-state index contributed by atoms with van der Waals surface area (Å²) in [4.78, 5) is 15.0. The van der Waals surface area contributed by atoms with Gasteiger partial charge < -0.3 is 14.5 Å². The third-order valence-electron chi connectivity index (χ3n) is 2.13. The highest BCUT2D eigenvalue weighted by Crippen LogP contribution is 2.06. The van der Waals surface area contributed by atoms with E-state index in [4.69, 9.17) is 10.00 Å². The van der Waals surface area contributed by atoms with Gasteiger partial charge in [0.15, 0.2) is 0 Å². The number of likely N-dealkylation sites (N-methyl/N-ethyl adjacent to an activating group) is 1. The van der Waals surface area contributed by atoms with Crippen LogP contribution in [-0.4, -0.2) is 62.1 Å². The SMILES string of the molecule is CN(C)CCN1C(=O)COCC1C#N. The Hall–Kier alpha value is -1.12. The number of carbonyl (C=O) groups excluding carboxylic acids is 1. The number of nitrogens with zero attached hydrogens (tertiary/aromatic N) is 3. The summed E-state index contributed by atoms with van der Waals surface area (Å²) in [5.74, 6) is -0.0929. The molecule has 1 amide bonds. The lowest BCUT2D eigenvalue weighted by atomic mass is 10.2. The summed E-state index contributed by atoms with van der Waals surface area (Å²) < 4.78 is 4.99. The lowest BCUT2D eigenvalue weighted by Gasteiger charge is -2.31. The van der Waals surface area contributed by atoms with Crippen LogP contribution in [0.3, 0.4) is 0 Å². The van der Waals surface area contributed by atoms with E-state index in [1.165, 1.54) is 0 Å². The van der Waals surface area contributed by atoms with Crippen molar-refractivity contribution >= 4 is 5.91 Å². The second kappa shape index (κ2) is 4.94. The normalized spacial score (nSPS) is 22.6. The number of morpholine rings is 1. The standard InChI is InChI=1S/C9H15N3O2/c1-11(2)3-4-12-8(5-10)6-14-7-9(12)13/h8H,3-4,6-7H2,1-2H3. The van der Waals surface area contributed by atoms with Gasteiger partial charge in [-0.15, -0.1) is 0 Å². The Labute approximate surface area is 83.8 Å². The van der Waals surface area contributed by atoms with Gasteiger partial charge in [-0.1, -0.05) is 0 Å². The fraction of sp³-hybridized carbons (Fsp3) is 0.778. The summed E-state index contributed by atoms with van der Waals surface area (Å²) in [6.45, 7) is 1.79. The molecular weight excluding hydrogens is 182 g/mol. The minimum atomic E-state index is -0.420. The summed E-state index contributed by atoms with van der Waals surface area (Å²) in [7, 11) is 3.87. The molecule has 1 aliphatic rings. The van der Waals surface area contributed by atoms with Crippen LogP contribution in [0.5, 0.6) is 0 Å². The summed E-state index contributed by atoms with van der Waals surface area (Å²) >= 11 is 0. The van der Waals surface area contributed by atoms with Crippen molar-refractivity contribution < 1.29 is 9.53 Å². The van der Waals surface area contributed by atoms with Crippen molar-refractivity contribution in [3.8, 4) is 6.07 Å². The first kappa shape index (κ1) is 11.0. The van der Waals surface area contributed by atoms with Crippen LogP contribution in [0.2, 0.25) is 0 Å². The maximum Gasteiger partial charge on any atom is 0.249 e. The van der Waals surface area contributed by atoms with E-state index in [9.17, 15) is 4.79 Å². The average molecular weight is 197 g/mol. The monoisotopic (exact) mass is 197 g/mol. The van der Waals surface area contributed by atoms with Crippen LogP contribution >= 0.6 is 0 Å². The fourth-order valence-electron chi connectivity index (χ4n) is 1.30. The smallest absolute Gasteiger partial charge is 0.249 e. The van der Waals surface area contributed by atoms with E-state index in [0.717, 1.165) is 6.54 Å². The molecule has 1 aliphatic heterocycles. The molecule has 0 aromatic heterocycles. The summed E-state index contributed by atoms with van der Waals surface area (Å²) in [6, 6.07) is 1.65. The van der Waals surface area contributed by atoms with Crippen molar-refractivity contribution in [2.45, 2.75) is 6.04 Å². The molecule has 0 bridgehead atoms. The van der Waals surface area contributed by atoms with E-state index in [1.807, 2.05) is 19.0 Å². The van der Waals surface area contributed by atoms with Gasteiger partial charge in [0.2, 0.25) is 5.91 Å². The molecule has 0 aromatic rings. The Morgan fingerprint density at radius 1 is 1.71 bits per heavy atom. The molecule has 0 aliphatic carbocycles. The Morgan fingerprint density at radius 2 is 2.43 bits per heavy atom. The number of amides is 1. The lowest BCUT2D eigenvalue weighted by Crippen LogP contribution is -2.50. The quantitative estimate of drug-likeness (QED) is 0.600. The van der Waals surface area contributed by atoms with E-state index in [0.29, 0.717) is 13.2 Å². The van der Waals surface area contributed by atoms with Crippen LogP contribution in [-0.2, 0) is 9.53 Å². The number of hydrogen-bond donors (Lipinski definition) is 0. The molecule has 0 radical (unpaired) electrons. The molecule has 5 heteroatoms. The molecule has 1 atom stereocenters. The Balaban J connectivity index is 2.52. The highest BCUT2D eigenvalue weighted by molar-refractivity contribution is 5.78. The highest BCUT2D eigenvalue weighted by atomic mass is 16.5. The van der Waals surface area contributed by atoms with Gasteiger partial charge in [0.25, 0.3) is 0 Å². The van der Waals surface area contributed by atoms with E-state index in [1.54, 1.807) is 4.90 Å². The number of nitriles is 1. The Bertz CT molecular complexity index is 247. The molecular formula is C9H15N3O2. The molecule has 5 nitrogen and oxygen atoms in total. The van der Waals surface area contributed by atoms with E-state index in [2.05, 4.69) is 6.07 Å². The molecule has 0 aromatic carbocycles. The fourth-order valence-corrected chi connectivity index (χ4v) is 1.30. The third-order valence-corrected chi connectivity index (χ3v) is 2.13. The first-order valence-electron chi connectivity index (χ1n) is 4.56. The molecule has 0 saturated carbocycles. The molecule has 1 saturated heterocycles. The molecule has 0 spiro atoms. The zero-order chi connectivity index (χ0) is 10.6. The van der Waals surface area contributed by atoms with Crippen molar-refractivity contribution in [3.05, 3.63) is 0 Å². The van der Waals surface area contributed by atoms with Crippen molar-refractivity contribution in [1.82, 2.24) is 9.80 Å². The molecule has 1 fully saturated rings. The predicted octanol–water partition coefficient (Wildman–Crippen LogP) is -0.701. The molecule has 1 unspecified atom stereocenters. The molecule has 14 heavy (non-hydrogen) atoms. The highest BCUT2D eigenvalue weighted by Gasteiger charge is 2.27. The Kier molecular flexibility index (Phi) is 3.86. The number of hydrogen-bond acceptors (Lipinski definition) is 4. The van der Waals surface area contributed by atoms with E-state index in [-0.39, 0.29) is 12.5 Å². The van der Waals surface area contributed by atoms with Crippen molar-refractivity contribution in [2.24, 2.45) is 0 Å². The zero-order valence-electron chi connectivity index (χ0n) is 8.56. The van der Waals surface area contributed by atoms with Gasteiger partial charge in [-0.25, -0.2) is 0 Å². The molecule has 78 valence electrons. The first-order chi connectivity index (χ1) is 6.65. The lowest BCUT2D eigenvalue weighted by molar-refractivity contribution is -0.145. The van der Waals surface area contributed by atoms with Crippen LogP contribution in [0.25, 0.3) is 0 Å². The van der Waals surface area contributed by atoms with Crippen molar-refractivity contribution in [3.63, 3.8) is 0 Å². The Morgan fingerprint density at radius 3 is 3.00 bits per heavy atom. The van der Waals surface area contributed by atoms with Gasteiger partial charge in [-0.05, 0) is 14.1 Å². The first-order valence-corrected chi connectivity index (χ1v) is 4.56. The summed E-state index contributed by atoms with van der Waals surface area (Å²) in [5, 5.41) is 8.81. The van der Waals surface area contributed by atoms with Crippen LogP contribution in [0.4, 0.5) is 0 Å². The second-order valence-corrected chi connectivity index (χ2v) is 3.55. The van der Waals surface area contributed by atoms with Crippen molar-refractivity contribution in [1.29, 1.82) is 5.26 Å². The summed E-state index contributed by atoms with van der Waals surface area (Å²) in [5.41, 5.74) is 0.